The van der Waals surface area contributed by atoms with Crippen molar-refractivity contribution in [1.29, 1.82) is 0 Å². The number of nitrogens with zero attached hydrogens (tertiary/aromatic N) is 4. The van der Waals surface area contributed by atoms with Crippen LogP contribution in [0.3, 0.4) is 0 Å². The minimum absolute atomic E-state index is 0.0491. The summed E-state index contributed by atoms with van der Waals surface area (Å²) in [6.07, 6.45) is 5.58. The second-order valence-corrected chi connectivity index (χ2v) is 6.90. The minimum atomic E-state index is -0.373. The van der Waals surface area contributed by atoms with Gasteiger partial charge in [-0.05, 0) is 62.8 Å². The lowest BCUT2D eigenvalue weighted by Crippen LogP contribution is -2.40. The van der Waals surface area contributed by atoms with Crippen molar-refractivity contribution in [3.8, 4) is 0 Å². The fraction of sp³-hybridized carbons (Fsp3) is 0.474. The van der Waals surface area contributed by atoms with Gasteiger partial charge in [0.1, 0.15) is 6.33 Å². The molecule has 1 aliphatic heterocycles. The number of piperidine rings is 1. The van der Waals surface area contributed by atoms with Gasteiger partial charge in [-0.3, -0.25) is 10.1 Å². The van der Waals surface area contributed by atoms with E-state index in [0.29, 0.717) is 5.82 Å². The number of rotatable bonds is 5. The van der Waals surface area contributed by atoms with Gasteiger partial charge in [0.25, 0.3) is 0 Å². The number of anilines is 3. The Kier molecular flexibility index (Phi) is 5.35. The molecule has 3 rings (SSSR count). The molecule has 0 saturated carbocycles. The van der Waals surface area contributed by atoms with Crippen molar-refractivity contribution >= 4 is 23.0 Å². The molecule has 0 spiro atoms. The molecule has 0 amide bonds. The summed E-state index contributed by atoms with van der Waals surface area (Å²) in [4.78, 5) is 22.0. The SMILES string of the molecule is CCC1CCCCN1c1ncnc(Nc2cc(C)cc(C)c2)c1[N+](=O)[O-]. The smallest absolute Gasteiger partial charge is 0.348 e. The van der Waals surface area contributed by atoms with Crippen molar-refractivity contribution in [3.05, 3.63) is 45.8 Å². The molecule has 7 nitrogen and oxygen atoms in total. The predicted molar refractivity (Wildman–Crippen MR) is 103 cm³/mol. The average Bonchev–Trinajstić information content (AvgIpc) is 2.60. The van der Waals surface area contributed by atoms with E-state index >= 15 is 0 Å². The van der Waals surface area contributed by atoms with Gasteiger partial charge in [0, 0.05) is 18.3 Å². The quantitative estimate of drug-likeness (QED) is 0.627. The number of nitrogens with one attached hydrogen (secondary N) is 1. The Bertz CT molecular complexity index is 788. The fourth-order valence-corrected chi connectivity index (χ4v) is 3.73. The second kappa shape index (κ2) is 7.68. The van der Waals surface area contributed by atoms with E-state index in [1.54, 1.807) is 0 Å². The standard InChI is InChI=1S/C19H25N5O2/c1-4-16-7-5-6-8-23(16)19-17(24(25)26)18(20-12-21-19)22-15-10-13(2)9-14(3)11-15/h9-12,16H,4-8H2,1-3H3,(H,20,21,22). The van der Waals surface area contributed by atoms with Crippen LogP contribution in [0, 0.1) is 24.0 Å². The highest BCUT2D eigenvalue weighted by molar-refractivity contribution is 5.75. The molecule has 7 heteroatoms. The van der Waals surface area contributed by atoms with Gasteiger partial charge in [-0.25, -0.2) is 9.97 Å². The molecule has 1 unspecified atom stereocenters. The molecule has 2 aromatic rings. The van der Waals surface area contributed by atoms with Crippen LogP contribution < -0.4 is 10.2 Å². The zero-order chi connectivity index (χ0) is 18.7. The van der Waals surface area contributed by atoms with Crippen LogP contribution in [-0.4, -0.2) is 27.5 Å². The van der Waals surface area contributed by atoms with Gasteiger partial charge in [0.15, 0.2) is 0 Å². The molecule has 1 atom stereocenters. The highest BCUT2D eigenvalue weighted by Crippen LogP contribution is 2.37. The number of hydrogen-bond acceptors (Lipinski definition) is 6. The van der Waals surface area contributed by atoms with Crippen molar-refractivity contribution in [2.45, 2.75) is 52.5 Å². The van der Waals surface area contributed by atoms with Crippen molar-refractivity contribution < 1.29 is 4.92 Å². The van der Waals surface area contributed by atoms with Crippen molar-refractivity contribution in [3.63, 3.8) is 0 Å². The Morgan fingerprint density at radius 3 is 2.62 bits per heavy atom. The molecule has 1 fully saturated rings. The van der Waals surface area contributed by atoms with E-state index in [1.165, 1.54) is 6.33 Å². The van der Waals surface area contributed by atoms with Gasteiger partial charge in [-0.15, -0.1) is 0 Å². The normalized spacial score (nSPS) is 17.2. The van der Waals surface area contributed by atoms with Gasteiger partial charge < -0.3 is 10.2 Å². The summed E-state index contributed by atoms with van der Waals surface area (Å²) >= 11 is 0. The van der Waals surface area contributed by atoms with Crippen molar-refractivity contribution in [2.24, 2.45) is 0 Å². The third-order valence-electron chi connectivity index (χ3n) is 4.84. The molecule has 1 N–H and O–H groups in total. The van der Waals surface area contributed by atoms with Crippen LogP contribution in [0.15, 0.2) is 24.5 Å². The first kappa shape index (κ1) is 18.1. The molecule has 0 radical (unpaired) electrons. The van der Waals surface area contributed by atoms with Crippen LogP contribution in [0.25, 0.3) is 0 Å². The molecule has 1 aliphatic rings. The first-order valence-corrected chi connectivity index (χ1v) is 9.11. The van der Waals surface area contributed by atoms with Gasteiger partial charge in [-0.2, -0.15) is 0 Å². The lowest BCUT2D eigenvalue weighted by atomic mass is 10.00. The minimum Gasteiger partial charge on any atom is -0.348 e. The predicted octanol–water partition coefficient (Wildman–Crippen LogP) is 4.51. The molecular weight excluding hydrogens is 330 g/mol. The van der Waals surface area contributed by atoms with E-state index in [0.717, 1.165) is 49.0 Å². The first-order chi connectivity index (χ1) is 12.5. The maximum Gasteiger partial charge on any atom is 0.353 e. The molecule has 138 valence electrons. The van der Waals surface area contributed by atoms with Crippen LogP contribution in [0.1, 0.15) is 43.7 Å². The summed E-state index contributed by atoms with van der Waals surface area (Å²) in [5.41, 5.74) is 2.92. The first-order valence-electron chi connectivity index (χ1n) is 9.11. The number of aryl methyl sites for hydroxylation is 2. The van der Waals surface area contributed by atoms with Crippen LogP contribution in [0.5, 0.6) is 0 Å². The summed E-state index contributed by atoms with van der Waals surface area (Å²) in [5.74, 6) is 0.661. The monoisotopic (exact) mass is 355 g/mol. The van der Waals surface area contributed by atoms with E-state index < -0.39 is 0 Å². The third-order valence-corrected chi connectivity index (χ3v) is 4.84. The topological polar surface area (TPSA) is 84.2 Å². The van der Waals surface area contributed by atoms with Crippen molar-refractivity contribution in [1.82, 2.24) is 9.97 Å². The largest absolute Gasteiger partial charge is 0.353 e. The van der Waals surface area contributed by atoms with Crippen LogP contribution in [0.2, 0.25) is 0 Å². The highest BCUT2D eigenvalue weighted by atomic mass is 16.6. The number of nitro groups is 1. The highest BCUT2D eigenvalue weighted by Gasteiger charge is 2.31. The second-order valence-electron chi connectivity index (χ2n) is 6.90. The van der Waals surface area contributed by atoms with Gasteiger partial charge >= 0.3 is 5.69 Å². The van der Waals surface area contributed by atoms with E-state index in [-0.39, 0.29) is 22.5 Å². The van der Waals surface area contributed by atoms with Crippen molar-refractivity contribution in [2.75, 3.05) is 16.8 Å². The molecule has 26 heavy (non-hydrogen) atoms. The Balaban J connectivity index is 2.02. The van der Waals surface area contributed by atoms with E-state index in [4.69, 9.17) is 0 Å². The van der Waals surface area contributed by atoms with E-state index in [2.05, 4.69) is 33.2 Å². The average molecular weight is 355 g/mol. The lowest BCUT2D eigenvalue weighted by Gasteiger charge is -2.35. The Labute approximate surface area is 153 Å². The Morgan fingerprint density at radius 2 is 1.96 bits per heavy atom. The Morgan fingerprint density at radius 1 is 1.23 bits per heavy atom. The summed E-state index contributed by atoms with van der Waals surface area (Å²) in [6.45, 7) is 6.90. The van der Waals surface area contributed by atoms with Gasteiger partial charge in [0.2, 0.25) is 11.6 Å². The molecular formula is C19H25N5O2. The number of benzene rings is 1. The third kappa shape index (κ3) is 3.76. The molecule has 1 aromatic carbocycles. The fourth-order valence-electron chi connectivity index (χ4n) is 3.73. The maximum atomic E-state index is 11.9. The lowest BCUT2D eigenvalue weighted by molar-refractivity contribution is -0.383. The number of aromatic nitrogens is 2. The van der Waals surface area contributed by atoms with Crippen LogP contribution in [-0.2, 0) is 0 Å². The molecule has 0 aliphatic carbocycles. The van der Waals surface area contributed by atoms with Crippen LogP contribution >= 0.6 is 0 Å². The number of hydrogen-bond donors (Lipinski definition) is 1. The summed E-state index contributed by atoms with van der Waals surface area (Å²) in [6, 6.07) is 6.25. The summed E-state index contributed by atoms with van der Waals surface area (Å²) in [5, 5.41) is 15.0. The zero-order valence-corrected chi connectivity index (χ0v) is 15.5. The zero-order valence-electron chi connectivity index (χ0n) is 15.5. The van der Waals surface area contributed by atoms with E-state index in [1.807, 2.05) is 26.0 Å². The van der Waals surface area contributed by atoms with Crippen LogP contribution in [0.4, 0.5) is 23.0 Å². The Hall–Kier alpha value is -2.70. The maximum absolute atomic E-state index is 11.9. The molecule has 1 aromatic heterocycles. The van der Waals surface area contributed by atoms with Gasteiger partial charge in [0.05, 0.1) is 4.92 Å². The summed E-state index contributed by atoms with van der Waals surface area (Å²) in [7, 11) is 0. The van der Waals surface area contributed by atoms with Gasteiger partial charge in [-0.1, -0.05) is 13.0 Å². The summed E-state index contributed by atoms with van der Waals surface area (Å²) < 4.78 is 0. The molecule has 0 bridgehead atoms. The molecule has 2 heterocycles. The van der Waals surface area contributed by atoms with E-state index in [9.17, 15) is 10.1 Å². The molecule has 1 saturated heterocycles.